The maximum atomic E-state index is 12.1. The Morgan fingerprint density at radius 2 is 2.24 bits per heavy atom. The zero-order chi connectivity index (χ0) is 20.1. The number of hydrogen-bond donors (Lipinski definition) is 1. The van der Waals surface area contributed by atoms with Gasteiger partial charge in [0.2, 0.25) is 5.91 Å². The maximum absolute atomic E-state index is 12.1. The molecule has 2 aliphatic heterocycles. The molecule has 4 rings (SSSR count). The number of rotatable bonds is 7. The molecular formula is C21H29N5O3. The number of fused-ring (bicyclic) bond motifs is 1. The van der Waals surface area contributed by atoms with Crippen LogP contribution in [-0.2, 0) is 35.5 Å². The molecule has 1 saturated heterocycles. The molecule has 1 atom stereocenters. The van der Waals surface area contributed by atoms with E-state index < -0.39 is 0 Å². The van der Waals surface area contributed by atoms with Crippen LogP contribution in [0.5, 0.6) is 5.75 Å². The van der Waals surface area contributed by atoms with Gasteiger partial charge >= 0.3 is 0 Å². The number of nitrogens with zero attached hydrogens (tertiary/aromatic N) is 4. The summed E-state index contributed by atoms with van der Waals surface area (Å²) < 4.78 is 13.0. The van der Waals surface area contributed by atoms with Crippen molar-refractivity contribution in [1.29, 1.82) is 0 Å². The van der Waals surface area contributed by atoms with Crippen LogP contribution in [0.3, 0.4) is 0 Å². The Balaban J connectivity index is 1.30. The Bertz CT molecular complexity index is 831. The van der Waals surface area contributed by atoms with Crippen molar-refractivity contribution in [2.24, 2.45) is 0 Å². The van der Waals surface area contributed by atoms with Crippen LogP contribution in [0.4, 0.5) is 0 Å². The zero-order valence-corrected chi connectivity index (χ0v) is 17.0. The van der Waals surface area contributed by atoms with Crippen molar-refractivity contribution < 1.29 is 14.3 Å². The minimum atomic E-state index is -0.282. The van der Waals surface area contributed by atoms with E-state index in [0.717, 1.165) is 62.8 Å². The first kappa shape index (κ1) is 19.8. The molecular weight excluding hydrogens is 370 g/mol. The topological polar surface area (TPSA) is 81.5 Å². The molecule has 0 saturated carbocycles. The first-order chi connectivity index (χ1) is 14.2. The molecule has 0 spiro atoms. The molecule has 2 aromatic rings. The van der Waals surface area contributed by atoms with Crippen LogP contribution in [0.15, 0.2) is 24.3 Å². The molecule has 0 radical (unpaired) electrons. The van der Waals surface area contributed by atoms with Crippen LogP contribution in [-0.4, -0.2) is 65.0 Å². The summed E-state index contributed by atoms with van der Waals surface area (Å²) in [5.74, 6) is 2.85. The summed E-state index contributed by atoms with van der Waals surface area (Å²) >= 11 is 0. The molecule has 1 N–H and O–H groups in total. The summed E-state index contributed by atoms with van der Waals surface area (Å²) in [4.78, 5) is 14.5. The predicted molar refractivity (Wildman–Crippen MR) is 108 cm³/mol. The van der Waals surface area contributed by atoms with Crippen molar-refractivity contribution in [3.05, 3.63) is 41.5 Å². The first-order valence-corrected chi connectivity index (χ1v) is 10.4. The van der Waals surface area contributed by atoms with Crippen molar-refractivity contribution in [3.8, 4) is 5.75 Å². The summed E-state index contributed by atoms with van der Waals surface area (Å²) in [7, 11) is 1.70. The molecule has 0 bridgehead atoms. The lowest BCUT2D eigenvalue weighted by Crippen LogP contribution is -2.35. The van der Waals surface area contributed by atoms with E-state index in [1.807, 2.05) is 12.1 Å². The van der Waals surface area contributed by atoms with Gasteiger partial charge in [-0.25, -0.2) is 0 Å². The molecule has 2 aliphatic rings. The molecule has 8 heteroatoms. The SMILES string of the molecule is COc1cccc(CN2CCc3nnc(CCNC(=O)[C@@H]4CCCO4)n3CC2)c1. The van der Waals surface area contributed by atoms with Gasteiger partial charge < -0.3 is 19.4 Å². The van der Waals surface area contributed by atoms with E-state index in [1.54, 1.807) is 7.11 Å². The standard InChI is InChI=1S/C21H29N5O3/c1-28-17-5-2-4-16(14-17)15-25-10-8-20-24-23-19(26(20)12-11-25)7-9-22-21(27)18-6-3-13-29-18/h2,4-5,14,18H,3,6-13,15H2,1H3,(H,22,27)/t18-/m0/s1. The van der Waals surface area contributed by atoms with Crippen LogP contribution in [0.25, 0.3) is 0 Å². The lowest BCUT2D eigenvalue weighted by molar-refractivity contribution is -0.130. The van der Waals surface area contributed by atoms with Crippen LogP contribution in [0, 0.1) is 0 Å². The van der Waals surface area contributed by atoms with Crippen molar-refractivity contribution in [2.75, 3.05) is 33.4 Å². The smallest absolute Gasteiger partial charge is 0.249 e. The van der Waals surface area contributed by atoms with Gasteiger partial charge in [0.15, 0.2) is 0 Å². The number of amides is 1. The molecule has 156 valence electrons. The van der Waals surface area contributed by atoms with Crippen LogP contribution in [0.2, 0.25) is 0 Å². The average molecular weight is 399 g/mol. The number of carbonyl (C=O) groups excluding carboxylic acids is 1. The molecule has 1 amide bonds. The number of benzene rings is 1. The van der Waals surface area contributed by atoms with E-state index in [9.17, 15) is 4.79 Å². The van der Waals surface area contributed by atoms with Gasteiger partial charge in [0.25, 0.3) is 0 Å². The number of hydrogen-bond acceptors (Lipinski definition) is 6. The fraction of sp³-hybridized carbons (Fsp3) is 0.571. The Morgan fingerprint density at radius 1 is 1.31 bits per heavy atom. The Labute approximate surface area is 171 Å². The number of carbonyl (C=O) groups is 1. The second-order valence-corrected chi connectivity index (χ2v) is 7.60. The number of ether oxygens (including phenoxy) is 2. The molecule has 1 aromatic heterocycles. The van der Waals surface area contributed by atoms with E-state index >= 15 is 0 Å². The monoisotopic (exact) mass is 399 g/mol. The van der Waals surface area contributed by atoms with E-state index in [4.69, 9.17) is 9.47 Å². The Morgan fingerprint density at radius 3 is 3.07 bits per heavy atom. The van der Waals surface area contributed by atoms with Crippen LogP contribution < -0.4 is 10.1 Å². The molecule has 0 unspecified atom stereocenters. The quantitative estimate of drug-likeness (QED) is 0.753. The Kier molecular flexibility index (Phi) is 6.41. The Hall–Kier alpha value is -2.45. The van der Waals surface area contributed by atoms with Crippen LogP contribution >= 0.6 is 0 Å². The summed E-state index contributed by atoms with van der Waals surface area (Å²) in [5, 5.41) is 11.7. The molecule has 1 fully saturated rings. The third-order valence-corrected chi connectivity index (χ3v) is 5.61. The summed E-state index contributed by atoms with van der Waals surface area (Å²) in [6.45, 7) is 4.89. The van der Waals surface area contributed by atoms with E-state index in [0.29, 0.717) is 19.6 Å². The predicted octanol–water partition coefficient (Wildman–Crippen LogP) is 1.18. The minimum absolute atomic E-state index is 0.0115. The highest BCUT2D eigenvalue weighted by molar-refractivity contribution is 5.80. The van der Waals surface area contributed by atoms with Gasteiger partial charge in [0.05, 0.1) is 7.11 Å². The fourth-order valence-corrected chi connectivity index (χ4v) is 3.99. The zero-order valence-electron chi connectivity index (χ0n) is 17.0. The molecule has 1 aromatic carbocycles. The van der Waals surface area contributed by atoms with Gasteiger partial charge in [-0.1, -0.05) is 12.1 Å². The second-order valence-electron chi connectivity index (χ2n) is 7.60. The van der Waals surface area contributed by atoms with Crippen LogP contribution in [0.1, 0.15) is 30.1 Å². The van der Waals surface area contributed by atoms with E-state index in [1.165, 1.54) is 5.56 Å². The highest BCUT2D eigenvalue weighted by Crippen LogP contribution is 2.17. The van der Waals surface area contributed by atoms with E-state index in [-0.39, 0.29) is 12.0 Å². The summed E-state index contributed by atoms with van der Waals surface area (Å²) in [5.41, 5.74) is 1.25. The fourth-order valence-electron chi connectivity index (χ4n) is 3.99. The van der Waals surface area contributed by atoms with Crippen molar-refractivity contribution in [2.45, 2.75) is 44.9 Å². The van der Waals surface area contributed by atoms with E-state index in [2.05, 4.69) is 37.1 Å². The van der Waals surface area contributed by atoms with Crippen molar-refractivity contribution in [3.63, 3.8) is 0 Å². The average Bonchev–Trinajstić information content (AvgIpc) is 3.36. The van der Waals surface area contributed by atoms with Gasteiger partial charge in [-0.15, -0.1) is 10.2 Å². The summed E-state index contributed by atoms with van der Waals surface area (Å²) in [6.07, 6.45) is 3.05. The first-order valence-electron chi connectivity index (χ1n) is 10.4. The third kappa shape index (κ3) is 4.94. The van der Waals surface area contributed by atoms with Gasteiger partial charge in [-0.3, -0.25) is 9.69 Å². The number of aromatic nitrogens is 3. The van der Waals surface area contributed by atoms with Crippen molar-refractivity contribution in [1.82, 2.24) is 25.0 Å². The highest BCUT2D eigenvalue weighted by Gasteiger charge is 2.23. The van der Waals surface area contributed by atoms with Gasteiger partial charge in [0.1, 0.15) is 23.5 Å². The van der Waals surface area contributed by atoms with Gasteiger partial charge in [-0.05, 0) is 30.5 Å². The molecule has 3 heterocycles. The largest absolute Gasteiger partial charge is 0.497 e. The third-order valence-electron chi connectivity index (χ3n) is 5.61. The molecule has 8 nitrogen and oxygen atoms in total. The lowest BCUT2D eigenvalue weighted by atomic mass is 10.2. The molecule has 29 heavy (non-hydrogen) atoms. The highest BCUT2D eigenvalue weighted by atomic mass is 16.5. The normalized spacial score (nSPS) is 19.6. The second kappa shape index (κ2) is 9.37. The van der Waals surface area contributed by atoms with Crippen molar-refractivity contribution >= 4 is 5.91 Å². The lowest BCUT2D eigenvalue weighted by Gasteiger charge is -2.20. The van der Waals surface area contributed by atoms with Gasteiger partial charge in [-0.2, -0.15) is 0 Å². The minimum Gasteiger partial charge on any atom is -0.497 e. The number of methoxy groups -OCH3 is 1. The summed E-state index contributed by atoms with van der Waals surface area (Å²) in [6, 6.07) is 8.23. The number of nitrogens with one attached hydrogen (secondary N) is 1. The molecule has 0 aliphatic carbocycles. The maximum Gasteiger partial charge on any atom is 0.249 e. The van der Waals surface area contributed by atoms with Gasteiger partial charge in [0, 0.05) is 52.2 Å².